The summed E-state index contributed by atoms with van der Waals surface area (Å²) in [6.45, 7) is 0.772. The molecule has 1 fully saturated rings. The molecule has 1 aromatic carbocycles. The van der Waals surface area contributed by atoms with Crippen LogP contribution in [-0.2, 0) is 21.3 Å². The van der Waals surface area contributed by atoms with Gasteiger partial charge in [-0.2, -0.15) is 0 Å². The molecule has 1 aliphatic rings. The highest BCUT2D eigenvalue weighted by Crippen LogP contribution is 2.24. The number of rotatable bonds is 5. The molecule has 21 heavy (non-hydrogen) atoms. The molecule has 1 saturated heterocycles. The first-order chi connectivity index (χ1) is 9.94. The molecule has 5 nitrogen and oxygen atoms in total. The number of benzene rings is 1. The predicted octanol–water partition coefficient (Wildman–Crippen LogP) is 1.79. The van der Waals surface area contributed by atoms with E-state index in [1.165, 1.54) is 6.07 Å². The van der Waals surface area contributed by atoms with Crippen molar-refractivity contribution in [1.82, 2.24) is 4.72 Å². The van der Waals surface area contributed by atoms with Gasteiger partial charge in [-0.15, -0.1) is 0 Å². The quantitative estimate of drug-likeness (QED) is 0.859. The normalized spacial score (nSPS) is 19.7. The van der Waals surface area contributed by atoms with Gasteiger partial charge in [-0.25, -0.2) is 17.5 Å². The maximum atomic E-state index is 13.6. The van der Waals surface area contributed by atoms with Gasteiger partial charge in [0.25, 0.3) is 0 Å². The Morgan fingerprint density at radius 3 is 2.81 bits per heavy atom. The molecule has 8 heteroatoms. The molecule has 1 unspecified atom stereocenters. The van der Waals surface area contributed by atoms with E-state index >= 15 is 0 Å². The first kappa shape index (κ1) is 16.6. The van der Waals surface area contributed by atoms with Crippen LogP contribution in [0.5, 0.6) is 0 Å². The molecule has 0 radical (unpaired) electrons. The summed E-state index contributed by atoms with van der Waals surface area (Å²) in [7, 11) is -3.82. The van der Waals surface area contributed by atoms with Gasteiger partial charge < -0.3 is 10.5 Å². The minimum absolute atomic E-state index is 0.0369. The first-order valence-corrected chi connectivity index (χ1v) is 8.59. The Kier molecular flexibility index (Phi) is 5.56. The zero-order valence-corrected chi connectivity index (χ0v) is 13.0. The molecule has 1 aliphatic heterocycles. The number of hydrogen-bond donors (Lipinski definition) is 2. The second kappa shape index (κ2) is 7.02. The zero-order valence-electron chi connectivity index (χ0n) is 11.4. The lowest BCUT2D eigenvalue weighted by Gasteiger charge is -2.22. The van der Waals surface area contributed by atoms with Crippen LogP contribution in [0.4, 0.5) is 4.39 Å². The molecule has 0 saturated carbocycles. The second-order valence-electron chi connectivity index (χ2n) is 4.92. The molecule has 118 valence electrons. The maximum absolute atomic E-state index is 13.6. The molecule has 0 spiro atoms. The van der Waals surface area contributed by atoms with Crippen LogP contribution in [0, 0.1) is 5.82 Å². The summed E-state index contributed by atoms with van der Waals surface area (Å²) in [5.41, 5.74) is 5.69. The molecule has 0 aromatic heterocycles. The van der Waals surface area contributed by atoms with Gasteiger partial charge in [0.1, 0.15) is 5.82 Å². The molecule has 2 rings (SSSR count). The van der Waals surface area contributed by atoms with Crippen molar-refractivity contribution in [3.05, 3.63) is 28.5 Å². The Bertz CT molecular complexity index is 604. The van der Waals surface area contributed by atoms with Gasteiger partial charge in [0.05, 0.1) is 16.0 Å². The Labute approximate surface area is 128 Å². The average Bonchev–Trinajstić information content (AvgIpc) is 2.49. The number of halogens is 2. The molecule has 1 atom stereocenters. The summed E-state index contributed by atoms with van der Waals surface area (Å²) in [6.07, 6.45) is 2.68. The van der Waals surface area contributed by atoms with Crippen molar-refractivity contribution in [3.8, 4) is 0 Å². The largest absolute Gasteiger partial charge is 0.377 e. The molecular weight excluding hydrogens is 319 g/mol. The third-order valence-electron chi connectivity index (χ3n) is 3.38. The standard InChI is InChI=1S/C13H18ClFN2O3S/c14-13-9(7-16)5-11(6-12(13)15)21(18,19)17-8-10-3-1-2-4-20-10/h5-6,10,17H,1-4,7-8,16H2. The SMILES string of the molecule is NCc1cc(S(=O)(=O)NCC2CCCCO2)cc(F)c1Cl. The lowest BCUT2D eigenvalue weighted by Crippen LogP contribution is -2.35. The highest BCUT2D eigenvalue weighted by molar-refractivity contribution is 7.89. The van der Waals surface area contributed by atoms with Crippen LogP contribution in [-0.4, -0.2) is 27.7 Å². The number of nitrogens with two attached hydrogens (primary N) is 1. The summed E-state index contributed by atoms with van der Waals surface area (Å²) >= 11 is 5.72. The van der Waals surface area contributed by atoms with Crippen molar-refractivity contribution in [3.63, 3.8) is 0 Å². The molecule has 1 heterocycles. The molecule has 0 bridgehead atoms. The van der Waals surface area contributed by atoms with E-state index in [1.54, 1.807) is 0 Å². The molecular formula is C13H18ClFN2O3S. The number of ether oxygens (including phenoxy) is 1. The van der Waals surface area contributed by atoms with Crippen molar-refractivity contribution in [2.45, 2.75) is 36.8 Å². The van der Waals surface area contributed by atoms with Crippen molar-refractivity contribution in [2.24, 2.45) is 5.73 Å². The van der Waals surface area contributed by atoms with E-state index in [0.717, 1.165) is 25.3 Å². The van der Waals surface area contributed by atoms with Crippen LogP contribution in [0.25, 0.3) is 0 Å². The monoisotopic (exact) mass is 336 g/mol. The highest BCUT2D eigenvalue weighted by Gasteiger charge is 2.21. The van der Waals surface area contributed by atoms with E-state index in [9.17, 15) is 12.8 Å². The fourth-order valence-electron chi connectivity index (χ4n) is 2.18. The van der Waals surface area contributed by atoms with E-state index < -0.39 is 15.8 Å². The average molecular weight is 337 g/mol. The smallest absolute Gasteiger partial charge is 0.240 e. The summed E-state index contributed by atoms with van der Waals surface area (Å²) in [5, 5.41) is -0.146. The summed E-state index contributed by atoms with van der Waals surface area (Å²) in [5.74, 6) is -0.797. The lowest BCUT2D eigenvalue weighted by molar-refractivity contribution is 0.0200. The Balaban J connectivity index is 2.13. The fourth-order valence-corrected chi connectivity index (χ4v) is 3.49. The van der Waals surface area contributed by atoms with E-state index in [-0.39, 0.29) is 34.7 Å². The van der Waals surface area contributed by atoms with Crippen molar-refractivity contribution in [1.29, 1.82) is 0 Å². The van der Waals surface area contributed by atoms with Crippen molar-refractivity contribution in [2.75, 3.05) is 13.2 Å². The van der Waals surface area contributed by atoms with Gasteiger partial charge in [0.15, 0.2) is 0 Å². The number of hydrogen-bond acceptors (Lipinski definition) is 4. The van der Waals surface area contributed by atoms with E-state index in [2.05, 4.69) is 4.72 Å². The van der Waals surface area contributed by atoms with E-state index in [0.29, 0.717) is 6.61 Å². The summed E-state index contributed by atoms with van der Waals surface area (Å²) in [4.78, 5) is -0.180. The number of nitrogens with one attached hydrogen (secondary N) is 1. The molecule has 3 N–H and O–H groups in total. The van der Waals surface area contributed by atoms with Crippen molar-refractivity contribution < 1.29 is 17.5 Å². The summed E-state index contributed by atoms with van der Waals surface area (Å²) < 4.78 is 45.9. The summed E-state index contributed by atoms with van der Waals surface area (Å²) in [6, 6.07) is 2.18. The predicted molar refractivity (Wildman–Crippen MR) is 78.1 cm³/mol. The molecule has 0 amide bonds. The highest BCUT2D eigenvalue weighted by atomic mass is 35.5. The Hall–Kier alpha value is -0.730. The van der Waals surface area contributed by atoms with Gasteiger partial charge in [-0.1, -0.05) is 11.6 Å². The van der Waals surface area contributed by atoms with Gasteiger partial charge in [-0.3, -0.25) is 0 Å². The minimum Gasteiger partial charge on any atom is -0.377 e. The molecule has 0 aliphatic carbocycles. The third kappa shape index (κ3) is 4.14. The zero-order chi connectivity index (χ0) is 15.5. The van der Waals surface area contributed by atoms with Crippen LogP contribution in [0.15, 0.2) is 17.0 Å². The van der Waals surface area contributed by atoms with Crippen LogP contribution < -0.4 is 10.5 Å². The first-order valence-electron chi connectivity index (χ1n) is 6.73. The van der Waals surface area contributed by atoms with Gasteiger partial charge in [0.2, 0.25) is 10.0 Å². The molecule has 1 aromatic rings. The lowest BCUT2D eigenvalue weighted by atomic mass is 10.1. The Morgan fingerprint density at radius 2 is 2.19 bits per heavy atom. The topological polar surface area (TPSA) is 81.4 Å². The van der Waals surface area contributed by atoms with Crippen LogP contribution in [0.1, 0.15) is 24.8 Å². The fraction of sp³-hybridized carbons (Fsp3) is 0.538. The van der Waals surface area contributed by atoms with E-state index in [1.807, 2.05) is 0 Å². The van der Waals surface area contributed by atoms with Gasteiger partial charge >= 0.3 is 0 Å². The van der Waals surface area contributed by atoms with Crippen LogP contribution >= 0.6 is 11.6 Å². The van der Waals surface area contributed by atoms with Gasteiger partial charge in [-0.05, 0) is 37.0 Å². The van der Waals surface area contributed by atoms with E-state index in [4.69, 9.17) is 22.1 Å². The van der Waals surface area contributed by atoms with Gasteiger partial charge in [0, 0.05) is 19.7 Å². The Morgan fingerprint density at radius 1 is 1.43 bits per heavy atom. The van der Waals surface area contributed by atoms with Crippen molar-refractivity contribution >= 4 is 21.6 Å². The third-order valence-corrected chi connectivity index (χ3v) is 5.21. The number of sulfonamides is 1. The second-order valence-corrected chi connectivity index (χ2v) is 7.07. The maximum Gasteiger partial charge on any atom is 0.240 e. The minimum atomic E-state index is -3.82. The van der Waals surface area contributed by atoms with Crippen LogP contribution in [0.2, 0.25) is 5.02 Å². The van der Waals surface area contributed by atoms with Crippen LogP contribution in [0.3, 0.4) is 0 Å².